The van der Waals surface area contributed by atoms with Crippen LogP contribution in [0.3, 0.4) is 0 Å². The first kappa shape index (κ1) is 25.1. The number of carboxylic acid groups (broad SMARTS) is 1. The quantitative estimate of drug-likeness (QED) is 0.603. The molecule has 1 saturated heterocycles. The smallest absolute Gasteiger partial charge is 0.416 e. The van der Waals surface area contributed by atoms with E-state index in [9.17, 15) is 23.1 Å². The summed E-state index contributed by atoms with van der Waals surface area (Å²) in [5.41, 5.74) is 3.25. The number of ether oxygens (including phenoxy) is 1. The number of hydrogen-bond donors (Lipinski definition) is 1. The Labute approximate surface area is 192 Å². The Hall–Kier alpha value is -2.58. The van der Waals surface area contributed by atoms with Gasteiger partial charge in [-0.05, 0) is 54.7 Å². The first-order chi connectivity index (χ1) is 15.6. The van der Waals surface area contributed by atoms with Gasteiger partial charge in [-0.2, -0.15) is 13.2 Å². The highest BCUT2D eigenvalue weighted by Gasteiger charge is 2.30. The van der Waals surface area contributed by atoms with Crippen LogP contribution >= 0.6 is 0 Å². The summed E-state index contributed by atoms with van der Waals surface area (Å²) >= 11 is 0. The number of alkyl halides is 3. The zero-order valence-corrected chi connectivity index (χ0v) is 19.3. The molecule has 1 unspecified atom stereocenters. The molecular formula is C25H31F3N2O3. The molecular weight excluding hydrogens is 433 g/mol. The summed E-state index contributed by atoms with van der Waals surface area (Å²) in [4.78, 5) is 15.9. The Kier molecular flexibility index (Phi) is 8.02. The number of rotatable bonds is 8. The van der Waals surface area contributed by atoms with Gasteiger partial charge in [0.2, 0.25) is 0 Å². The summed E-state index contributed by atoms with van der Waals surface area (Å²) in [6.07, 6.45) is -4.77. The molecule has 0 bridgehead atoms. The second kappa shape index (κ2) is 10.6. The normalized spacial score (nSPS) is 16.5. The number of carbonyl (C=O) groups is 1. The summed E-state index contributed by atoms with van der Waals surface area (Å²) in [6.45, 7) is 10.5. The van der Waals surface area contributed by atoms with E-state index in [1.54, 1.807) is 19.1 Å². The largest absolute Gasteiger partial charge is 0.479 e. The van der Waals surface area contributed by atoms with Gasteiger partial charge in [0.05, 0.1) is 5.56 Å². The van der Waals surface area contributed by atoms with Crippen LogP contribution in [0.2, 0.25) is 0 Å². The van der Waals surface area contributed by atoms with Crippen molar-refractivity contribution < 1.29 is 27.8 Å². The van der Waals surface area contributed by atoms with Gasteiger partial charge in [-0.1, -0.05) is 31.2 Å². The number of nitrogens with zero attached hydrogens (tertiary/aromatic N) is 2. The van der Waals surface area contributed by atoms with Crippen LogP contribution in [0.5, 0.6) is 5.75 Å². The average Bonchev–Trinajstić information content (AvgIpc) is 2.74. The molecule has 0 saturated carbocycles. The van der Waals surface area contributed by atoms with Crippen molar-refractivity contribution in [2.24, 2.45) is 0 Å². The van der Waals surface area contributed by atoms with Crippen LogP contribution in [0.1, 0.15) is 41.2 Å². The number of hydrogen-bond acceptors (Lipinski definition) is 4. The fraction of sp³-hybridized carbons (Fsp3) is 0.480. The minimum Gasteiger partial charge on any atom is -0.479 e. The summed E-state index contributed by atoms with van der Waals surface area (Å²) < 4.78 is 43.9. The van der Waals surface area contributed by atoms with Crippen LogP contribution in [0.25, 0.3) is 0 Å². The molecule has 0 radical (unpaired) electrons. The van der Waals surface area contributed by atoms with Gasteiger partial charge in [0.1, 0.15) is 5.75 Å². The molecule has 1 heterocycles. The molecule has 5 nitrogen and oxygen atoms in total. The molecule has 0 aliphatic carbocycles. The SMILES string of the molecule is CCC(Oc1c(C)cc(CN2CCN(Cc3ccc(C(F)(F)F)cc3)CC2)cc1C)C(=O)O. The number of benzene rings is 2. The minimum absolute atomic E-state index is 0.396. The lowest BCUT2D eigenvalue weighted by Gasteiger charge is -2.35. The van der Waals surface area contributed by atoms with E-state index in [4.69, 9.17) is 4.74 Å². The third-order valence-corrected chi connectivity index (χ3v) is 5.98. The maximum Gasteiger partial charge on any atom is 0.416 e. The maximum atomic E-state index is 12.7. The summed E-state index contributed by atoms with van der Waals surface area (Å²) in [5, 5.41) is 9.27. The number of aliphatic carboxylic acids is 1. The van der Waals surface area contributed by atoms with E-state index in [0.717, 1.165) is 67.1 Å². The van der Waals surface area contributed by atoms with Crippen molar-refractivity contribution in [2.45, 2.75) is 52.6 Å². The van der Waals surface area contributed by atoms with Crippen molar-refractivity contribution in [3.63, 3.8) is 0 Å². The fourth-order valence-electron chi connectivity index (χ4n) is 4.19. The van der Waals surface area contributed by atoms with Gasteiger partial charge in [0.15, 0.2) is 6.10 Å². The number of halogens is 3. The number of carboxylic acids is 1. The Bertz CT molecular complexity index is 929. The van der Waals surface area contributed by atoms with Crippen molar-refractivity contribution >= 4 is 5.97 Å². The van der Waals surface area contributed by atoms with Crippen molar-refractivity contribution in [2.75, 3.05) is 26.2 Å². The van der Waals surface area contributed by atoms with Crippen LogP contribution < -0.4 is 4.74 Å². The third-order valence-electron chi connectivity index (χ3n) is 5.98. The molecule has 3 rings (SSSR count). The average molecular weight is 465 g/mol. The second-order valence-electron chi connectivity index (χ2n) is 8.66. The maximum absolute atomic E-state index is 12.7. The highest BCUT2D eigenvalue weighted by atomic mass is 19.4. The van der Waals surface area contributed by atoms with Crippen LogP contribution in [0.15, 0.2) is 36.4 Å². The van der Waals surface area contributed by atoms with Crippen LogP contribution in [-0.2, 0) is 24.1 Å². The van der Waals surface area contributed by atoms with Crippen molar-refractivity contribution in [1.82, 2.24) is 9.80 Å². The van der Waals surface area contributed by atoms with E-state index in [2.05, 4.69) is 9.80 Å². The molecule has 1 fully saturated rings. The fourth-order valence-corrected chi connectivity index (χ4v) is 4.19. The molecule has 2 aromatic carbocycles. The van der Waals surface area contributed by atoms with E-state index in [1.165, 1.54) is 0 Å². The predicted molar refractivity (Wildman–Crippen MR) is 120 cm³/mol. The Morgan fingerprint density at radius 3 is 1.88 bits per heavy atom. The summed E-state index contributed by atoms with van der Waals surface area (Å²) in [6, 6.07) is 9.48. The van der Waals surface area contributed by atoms with Gasteiger partial charge < -0.3 is 9.84 Å². The van der Waals surface area contributed by atoms with Crippen molar-refractivity contribution in [3.05, 3.63) is 64.2 Å². The van der Waals surface area contributed by atoms with Gasteiger partial charge in [0, 0.05) is 39.3 Å². The van der Waals surface area contributed by atoms with Gasteiger partial charge >= 0.3 is 12.1 Å². The predicted octanol–water partition coefficient (Wildman–Crippen LogP) is 4.88. The van der Waals surface area contributed by atoms with E-state index < -0.39 is 23.8 Å². The van der Waals surface area contributed by atoms with Crippen LogP contribution in [-0.4, -0.2) is 53.2 Å². The molecule has 33 heavy (non-hydrogen) atoms. The molecule has 8 heteroatoms. The molecule has 2 aromatic rings. The van der Waals surface area contributed by atoms with E-state index in [0.29, 0.717) is 18.7 Å². The first-order valence-electron chi connectivity index (χ1n) is 11.2. The van der Waals surface area contributed by atoms with Gasteiger partial charge in [-0.3, -0.25) is 9.80 Å². The molecule has 0 spiro atoms. The number of aryl methyl sites for hydroxylation is 2. The van der Waals surface area contributed by atoms with Crippen LogP contribution in [0.4, 0.5) is 13.2 Å². The first-order valence-corrected chi connectivity index (χ1v) is 11.2. The van der Waals surface area contributed by atoms with E-state index in [-0.39, 0.29) is 0 Å². The summed E-state index contributed by atoms with van der Waals surface area (Å²) in [5.74, 6) is -0.330. The minimum atomic E-state index is -4.31. The zero-order chi connectivity index (χ0) is 24.2. The highest BCUT2D eigenvalue weighted by Crippen LogP contribution is 2.30. The molecule has 0 aromatic heterocycles. The van der Waals surface area contributed by atoms with Gasteiger partial charge in [-0.25, -0.2) is 4.79 Å². The second-order valence-corrected chi connectivity index (χ2v) is 8.66. The third kappa shape index (κ3) is 6.71. The molecule has 1 atom stereocenters. The zero-order valence-electron chi connectivity index (χ0n) is 19.3. The van der Waals surface area contributed by atoms with E-state index in [1.807, 2.05) is 26.0 Å². The lowest BCUT2D eigenvalue weighted by Crippen LogP contribution is -2.45. The molecule has 0 amide bonds. The lowest BCUT2D eigenvalue weighted by molar-refractivity contribution is -0.145. The molecule has 1 aliphatic rings. The van der Waals surface area contributed by atoms with Crippen molar-refractivity contribution in [1.29, 1.82) is 0 Å². The standard InChI is InChI=1S/C25H31F3N2O3/c1-4-22(24(31)32)33-23-17(2)13-20(14-18(23)3)16-30-11-9-29(10-12-30)15-19-5-7-21(8-6-19)25(26,27)28/h5-8,13-14,22H,4,9-12,15-16H2,1-3H3,(H,31,32). The highest BCUT2D eigenvalue weighted by molar-refractivity contribution is 5.72. The summed E-state index contributed by atoms with van der Waals surface area (Å²) in [7, 11) is 0. The van der Waals surface area contributed by atoms with Crippen LogP contribution in [0, 0.1) is 13.8 Å². The molecule has 180 valence electrons. The Morgan fingerprint density at radius 1 is 0.970 bits per heavy atom. The molecule has 1 aliphatic heterocycles. The van der Waals surface area contributed by atoms with Gasteiger partial charge in [-0.15, -0.1) is 0 Å². The van der Waals surface area contributed by atoms with Crippen molar-refractivity contribution in [3.8, 4) is 5.75 Å². The van der Waals surface area contributed by atoms with Gasteiger partial charge in [0.25, 0.3) is 0 Å². The topological polar surface area (TPSA) is 53.0 Å². The number of piperazine rings is 1. The monoisotopic (exact) mass is 464 g/mol. The Morgan fingerprint density at radius 2 is 1.45 bits per heavy atom. The van der Waals surface area contributed by atoms with E-state index >= 15 is 0 Å². The Balaban J connectivity index is 1.54. The molecule has 1 N–H and O–H groups in total. The lowest BCUT2D eigenvalue weighted by atomic mass is 10.0.